The second kappa shape index (κ2) is 9.56. The minimum absolute atomic E-state index is 0.0725. The summed E-state index contributed by atoms with van der Waals surface area (Å²) in [7, 11) is 0. The number of benzene rings is 1. The normalized spacial score (nSPS) is 13.7. The molecule has 0 saturated carbocycles. The van der Waals surface area contributed by atoms with E-state index in [1.807, 2.05) is 6.92 Å². The number of amides is 1. The van der Waals surface area contributed by atoms with Crippen molar-refractivity contribution in [3.8, 4) is 0 Å². The Labute approximate surface area is 129 Å². The third-order valence-electron chi connectivity index (χ3n) is 3.74. The van der Waals surface area contributed by atoms with Crippen LogP contribution in [0.5, 0.6) is 0 Å². The van der Waals surface area contributed by atoms with Crippen molar-refractivity contribution < 1.29 is 4.79 Å². The molecule has 2 unspecified atom stereocenters. The van der Waals surface area contributed by atoms with E-state index < -0.39 is 0 Å². The van der Waals surface area contributed by atoms with Crippen molar-refractivity contribution in [2.24, 2.45) is 0 Å². The molecule has 0 bridgehead atoms. The Bertz CT molecular complexity index is 414. The fraction of sp³-hybridized carbons (Fsp3) is 0.611. The fourth-order valence-corrected chi connectivity index (χ4v) is 2.30. The first-order chi connectivity index (χ1) is 10.1. The molecule has 0 saturated heterocycles. The zero-order chi connectivity index (χ0) is 15.7. The summed E-state index contributed by atoms with van der Waals surface area (Å²) in [5.41, 5.74) is 2.62. The second-order valence-corrected chi connectivity index (χ2v) is 5.75. The van der Waals surface area contributed by atoms with Crippen LogP contribution < -0.4 is 10.6 Å². The van der Waals surface area contributed by atoms with Gasteiger partial charge in [-0.25, -0.2) is 0 Å². The van der Waals surface area contributed by atoms with Crippen molar-refractivity contribution in [1.29, 1.82) is 0 Å². The van der Waals surface area contributed by atoms with Gasteiger partial charge in [0.05, 0.1) is 6.04 Å². The summed E-state index contributed by atoms with van der Waals surface area (Å²) in [6.07, 6.45) is 4.58. The number of unbranched alkanes of at least 4 members (excludes halogenated alkanes) is 1. The smallest absolute Gasteiger partial charge is 0.236 e. The number of nitrogens with one attached hydrogen (secondary N) is 2. The predicted molar refractivity (Wildman–Crippen MR) is 89.4 cm³/mol. The Morgan fingerprint density at radius 1 is 1.10 bits per heavy atom. The van der Waals surface area contributed by atoms with Gasteiger partial charge in [-0.05, 0) is 44.2 Å². The van der Waals surface area contributed by atoms with E-state index in [0.717, 1.165) is 19.4 Å². The summed E-state index contributed by atoms with van der Waals surface area (Å²) in [5.74, 6) is 0.0725. The highest BCUT2D eigenvalue weighted by atomic mass is 16.2. The number of carbonyl (C=O) groups is 1. The molecular formula is C18H30N2O. The third-order valence-corrected chi connectivity index (χ3v) is 3.74. The van der Waals surface area contributed by atoms with Crippen molar-refractivity contribution in [2.75, 3.05) is 6.54 Å². The monoisotopic (exact) mass is 290 g/mol. The summed E-state index contributed by atoms with van der Waals surface area (Å²) in [6.45, 7) is 9.03. The molecule has 0 aromatic heterocycles. The fourth-order valence-electron chi connectivity index (χ4n) is 2.30. The maximum atomic E-state index is 11.9. The Kier molecular flexibility index (Phi) is 8.06. The zero-order valence-corrected chi connectivity index (χ0v) is 13.9. The maximum absolute atomic E-state index is 11.9. The molecule has 118 valence electrons. The summed E-state index contributed by atoms with van der Waals surface area (Å²) in [4.78, 5) is 11.9. The first-order valence-electron chi connectivity index (χ1n) is 8.21. The van der Waals surface area contributed by atoms with E-state index in [4.69, 9.17) is 0 Å². The molecule has 0 radical (unpaired) electrons. The summed E-state index contributed by atoms with van der Waals surface area (Å²) >= 11 is 0. The van der Waals surface area contributed by atoms with Gasteiger partial charge in [-0.3, -0.25) is 10.1 Å². The van der Waals surface area contributed by atoms with Crippen molar-refractivity contribution in [1.82, 2.24) is 10.6 Å². The lowest BCUT2D eigenvalue weighted by Gasteiger charge is -2.20. The molecule has 21 heavy (non-hydrogen) atoms. The maximum Gasteiger partial charge on any atom is 0.236 e. The van der Waals surface area contributed by atoms with Crippen LogP contribution in [0, 0.1) is 0 Å². The molecular weight excluding hydrogens is 260 g/mol. The van der Waals surface area contributed by atoms with Crippen LogP contribution in [0.2, 0.25) is 0 Å². The number of rotatable bonds is 9. The van der Waals surface area contributed by atoms with E-state index in [2.05, 4.69) is 55.7 Å². The second-order valence-electron chi connectivity index (χ2n) is 5.75. The van der Waals surface area contributed by atoms with Crippen LogP contribution >= 0.6 is 0 Å². The third kappa shape index (κ3) is 6.30. The summed E-state index contributed by atoms with van der Waals surface area (Å²) in [5, 5.41) is 6.28. The van der Waals surface area contributed by atoms with Crippen molar-refractivity contribution in [3.63, 3.8) is 0 Å². The predicted octanol–water partition coefficient (Wildman–Crippen LogP) is 3.59. The van der Waals surface area contributed by atoms with Gasteiger partial charge in [0.2, 0.25) is 5.91 Å². The number of hydrogen-bond acceptors (Lipinski definition) is 2. The first-order valence-corrected chi connectivity index (χ1v) is 8.21. The Morgan fingerprint density at radius 2 is 1.76 bits per heavy atom. The average Bonchev–Trinajstić information content (AvgIpc) is 2.50. The van der Waals surface area contributed by atoms with Gasteiger partial charge in [0, 0.05) is 12.6 Å². The lowest BCUT2D eigenvalue weighted by atomic mass is 10.0. The van der Waals surface area contributed by atoms with Crippen LogP contribution in [-0.2, 0) is 11.2 Å². The minimum Gasteiger partial charge on any atom is -0.355 e. The lowest BCUT2D eigenvalue weighted by Crippen LogP contribution is -2.43. The molecule has 0 spiro atoms. The Morgan fingerprint density at radius 3 is 2.33 bits per heavy atom. The van der Waals surface area contributed by atoms with Gasteiger partial charge < -0.3 is 5.32 Å². The number of carbonyl (C=O) groups excluding carboxylic acids is 1. The molecule has 3 heteroatoms. The van der Waals surface area contributed by atoms with Crippen LogP contribution in [0.1, 0.15) is 64.1 Å². The van der Waals surface area contributed by atoms with E-state index >= 15 is 0 Å². The first kappa shape index (κ1) is 17.7. The van der Waals surface area contributed by atoms with Gasteiger partial charge >= 0.3 is 0 Å². The van der Waals surface area contributed by atoms with E-state index in [9.17, 15) is 4.79 Å². The molecule has 1 aromatic rings. The van der Waals surface area contributed by atoms with Crippen molar-refractivity contribution >= 4 is 5.91 Å². The molecule has 0 aliphatic rings. The summed E-state index contributed by atoms with van der Waals surface area (Å²) < 4.78 is 0. The van der Waals surface area contributed by atoms with E-state index in [1.165, 1.54) is 24.0 Å². The highest BCUT2D eigenvalue weighted by Gasteiger charge is 2.15. The van der Waals surface area contributed by atoms with Crippen LogP contribution in [-0.4, -0.2) is 18.5 Å². The molecule has 1 aromatic carbocycles. The molecule has 3 nitrogen and oxygen atoms in total. The van der Waals surface area contributed by atoms with Gasteiger partial charge in [0.25, 0.3) is 0 Å². The van der Waals surface area contributed by atoms with Crippen molar-refractivity contribution in [3.05, 3.63) is 35.4 Å². The molecule has 1 rings (SSSR count). The number of hydrogen-bond donors (Lipinski definition) is 2. The molecule has 0 fully saturated rings. The molecule has 0 heterocycles. The largest absolute Gasteiger partial charge is 0.355 e. The zero-order valence-electron chi connectivity index (χ0n) is 13.9. The van der Waals surface area contributed by atoms with Gasteiger partial charge in [0.15, 0.2) is 0 Å². The van der Waals surface area contributed by atoms with Crippen LogP contribution in [0.4, 0.5) is 0 Å². The van der Waals surface area contributed by atoms with Gasteiger partial charge in [0.1, 0.15) is 0 Å². The minimum atomic E-state index is -0.175. The van der Waals surface area contributed by atoms with E-state index in [1.54, 1.807) is 0 Å². The SMILES string of the molecule is CCCCc1ccc(C(C)NC(C)C(=O)NCCC)cc1. The Balaban J connectivity index is 2.50. The van der Waals surface area contributed by atoms with E-state index in [0.29, 0.717) is 0 Å². The number of aryl methyl sites for hydroxylation is 1. The standard InChI is InChI=1S/C18H30N2O/c1-5-7-8-16-9-11-17(12-10-16)14(3)20-15(4)18(21)19-13-6-2/h9-12,14-15,20H,5-8,13H2,1-4H3,(H,19,21). The van der Waals surface area contributed by atoms with Crippen LogP contribution in [0.15, 0.2) is 24.3 Å². The highest BCUT2D eigenvalue weighted by molar-refractivity contribution is 5.81. The molecule has 2 N–H and O–H groups in total. The van der Waals surface area contributed by atoms with Gasteiger partial charge in [-0.1, -0.05) is 44.5 Å². The molecule has 2 atom stereocenters. The Hall–Kier alpha value is -1.35. The average molecular weight is 290 g/mol. The highest BCUT2D eigenvalue weighted by Crippen LogP contribution is 2.15. The van der Waals surface area contributed by atoms with Crippen LogP contribution in [0.3, 0.4) is 0 Å². The van der Waals surface area contributed by atoms with E-state index in [-0.39, 0.29) is 18.0 Å². The van der Waals surface area contributed by atoms with Gasteiger partial charge in [-0.2, -0.15) is 0 Å². The topological polar surface area (TPSA) is 41.1 Å². The molecule has 0 aliphatic carbocycles. The van der Waals surface area contributed by atoms with Crippen molar-refractivity contribution in [2.45, 2.75) is 65.5 Å². The molecule has 1 amide bonds. The van der Waals surface area contributed by atoms with Gasteiger partial charge in [-0.15, -0.1) is 0 Å². The summed E-state index contributed by atoms with van der Waals surface area (Å²) in [6, 6.07) is 8.73. The quantitative estimate of drug-likeness (QED) is 0.729. The lowest BCUT2D eigenvalue weighted by molar-refractivity contribution is -0.122. The molecule has 0 aliphatic heterocycles. The van der Waals surface area contributed by atoms with Crippen LogP contribution in [0.25, 0.3) is 0 Å².